The Kier molecular flexibility index (Phi) is 4.24. The Morgan fingerprint density at radius 1 is 1.06 bits per heavy atom. The van der Waals surface area contributed by atoms with E-state index in [9.17, 15) is 0 Å². The van der Waals surface area contributed by atoms with Gasteiger partial charge in [0.15, 0.2) is 0 Å². The molecule has 2 nitrogen and oxygen atoms in total. The van der Waals surface area contributed by atoms with Gasteiger partial charge in [0.25, 0.3) is 0 Å². The van der Waals surface area contributed by atoms with Crippen LogP contribution in [-0.4, -0.2) is 6.54 Å². The molecule has 1 atom stereocenters. The molecule has 0 amide bonds. The lowest BCUT2D eigenvalue weighted by atomic mass is 10.0. The Morgan fingerprint density at radius 2 is 1.67 bits per heavy atom. The molecule has 0 spiro atoms. The van der Waals surface area contributed by atoms with Gasteiger partial charge in [0, 0.05) is 17.3 Å². The highest BCUT2D eigenvalue weighted by atomic mass is 35.5. The third kappa shape index (κ3) is 3.25. The van der Waals surface area contributed by atoms with Gasteiger partial charge in [-0.15, -0.1) is 0 Å². The van der Waals surface area contributed by atoms with Crippen molar-refractivity contribution in [1.29, 1.82) is 0 Å². The van der Waals surface area contributed by atoms with Crippen molar-refractivity contribution >= 4 is 17.3 Å². The number of halogens is 1. The highest BCUT2D eigenvalue weighted by molar-refractivity contribution is 6.30. The second-order valence-electron chi connectivity index (χ2n) is 4.35. The van der Waals surface area contributed by atoms with Crippen molar-refractivity contribution in [2.45, 2.75) is 13.0 Å². The molecule has 0 aliphatic heterocycles. The second kappa shape index (κ2) is 5.89. The average molecular weight is 261 g/mol. The number of rotatable bonds is 4. The van der Waals surface area contributed by atoms with Gasteiger partial charge in [0.1, 0.15) is 0 Å². The van der Waals surface area contributed by atoms with E-state index in [2.05, 4.69) is 36.5 Å². The monoisotopic (exact) mass is 260 g/mol. The minimum absolute atomic E-state index is 0.117. The fourth-order valence-corrected chi connectivity index (χ4v) is 1.95. The fraction of sp³-hybridized carbons (Fsp3) is 0.200. The molecular weight excluding hydrogens is 244 g/mol. The van der Waals surface area contributed by atoms with Crippen LogP contribution in [0.4, 0.5) is 5.69 Å². The molecule has 0 bridgehead atoms. The van der Waals surface area contributed by atoms with Gasteiger partial charge in [-0.05, 0) is 36.8 Å². The summed E-state index contributed by atoms with van der Waals surface area (Å²) in [6.07, 6.45) is 0. The van der Waals surface area contributed by atoms with Crippen molar-refractivity contribution in [2.24, 2.45) is 5.73 Å². The van der Waals surface area contributed by atoms with Crippen LogP contribution in [0.2, 0.25) is 5.02 Å². The quantitative estimate of drug-likeness (QED) is 0.878. The summed E-state index contributed by atoms with van der Waals surface area (Å²) in [5.41, 5.74) is 9.30. The first-order valence-electron chi connectivity index (χ1n) is 5.98. The van der Waals surface area contributed by atoms with E-state index in [1.807, 2.05) is 24.3 Å². The first kappa shape index (κ1) is 12.9. The summed E-state index contributed by atoms with van der Waals surface area (Å²) in [4.78, 5) is 0. The Balaban J connectivity index is 2.14. The summed E-state index contributed by atoms with van der Waals surface area (Å²) in [7, 11) is 0. The largest absolute Gasteiger partial charge is 0.377 e. The van der Waals surface area contributed by atoms with E-state index >= 15 is 0 Å². The van der Waals surface area contributed by atoms with E-state index in [1.54, 1.807) is 0 Å². The van der Waals surface area contributed by atoms with E-state index in [0.717, 1.165) is 10.7 Å². The van der Waals surface area contributed by atoms with Crippen LogP contribution in [0, 0.1) is 6.92 Å². The lowest BCUT2D eigenvalue weighted by Crippen LogP contribution is -2.20. The number of benzene rings is 2. The van der Waals surface area contributed by atoms with E-state index in [0.29, 0.717) is 6.54 Å². The van der Waals surface area contributed by atoms with Gasteiger partial charge in [-0.1, -0.05) is 41.4 Å². The SMILES string of the molecule is Cc1ccc(C(CN)Nc2ccc(Cl)cc2)cc1. The number of nitrogens with two attached hydrogens (primary N) is 1. The normalized spacial score (nSPS) is 12.2. The fourth-order valence-electron chi connectivity index (χ4n) is 1.82. The van der Waals surface area contributed by atoms with Gasteiger partial charge in [-0.2, -0.15) is 0 Å². The van der Waals surface area contributed by atoms with Crippen LogP contribution in [0.5, 0.6) is 0 Å². The summed E-state index contributed by atoms with van der Waals surface area (Å²) in [5, 5.41) is 4.14. The second-order valence-corrected chi connectivity index (χ2v) is 4.79. The molecule has 2 aromatic carbocycles. The molecule has 3 heteroatoms. The maximum Gasteiger partial charge on any atom is 0.0636 e. The van der Waals surface area contributed by atoms with Gasteiger partial charge < -0.3 is 11.1 Å². The zero-order chi connectivity index (χ0) is 13.0. The highest BCUT2D eigenvalue weighted by Crippen LogP contribution is 2.20. The molecule has 18 heavy (non-hydrogen) atoms. The minimum Gasteiger partial charge on any atom is -0.377 e. The van der Waals surface area contributed by atoms with Crippen LogP contribution in [0.25, 0.3) is 0 Å². The van der Waals surface area contributed by atoms with Crippen LogP contribution < -0.4 is 11.1 Å². The Morgan fingerprint density at radius 3 is 2.22 bits per heavy atom. The van der Waals surface area contributed by atoms with Gasteiger partial charge in [0.2, 0.25) is 0 Å². The molecule has 0 aliphatic carbocycles. The van der Waals surface area contributed by atoms with Gasteiger partial charge >= 0.3 is 0 Å². The van der Waals surface area contributed by atoms with Crippen LogP contribution in [0.3, 0.4) is 0 Å². The molecule has 94 valence electrons. The van der Waals surface area contributed by atoms with E-state index in [-0.39, 0.29) is 6.04 Å². The number of aryl methyl sites for hydroxylation is 1. The number of hydrogen-bond donors (Lipinski definition) is 2. The standard InChI is InChI=1S/C15H17ClN2/c1-11-2-4-12(5-3-11)15(10-17)18-14-8-6-13(16)7-9-14/h2-9,15,18H,10,17H2,1H3. The third-order valence-corrected chi connectivity index (χ3v) is 3.15. The van der Waals surface area contributed by atoms with Crippen LogP contribution in [-0.2, 0) is 0 Å². The van der Waals surface area contributed by atoms with Crippen LogP contribution in [0.15, 0.2) is 48.5 Å². The molecule has 2 aromatic rings. The highest BCUT2D eigenvalue weighted by Gasteiger charge is 2.08. The van der Waals surface area contributed by atoms with Gasteiger partial charge in [0.05, 0.1) is 6.04 Å². The van der Waals surface area contributed by atoms with Crippen molar-refractivity contribution in [3.63, 3.8) is 0 Å². The Hall–Kier alpha value is -1.51. The molecule has 0 saturated carbocycles. The lowest BCUT2D eigenvalue weighted by Gasteiger charge is -2.19. The topological polar surface area (TPSA) is 38.0 Å². The minimum atomic E-state index is 0.117. The van der Waals surface area contributed by atoms with Gasteiger partial charge in [-0.25, -0.2) is 0 Å². The van der Waals surface area contributed by atoms with E-state index in [4.69, 9.17) is 17.3 Å². The van der Waals surface area contributed by atoms with E-state index < -0.39 is 0 Å². The van der Waals surface area contributed by atoms with E-state index in [1.165, 1.54) is 11.1 Å². The molecule has 1 unspecified atom stereocenters. The maximum absolute atomic E-state index is 5.86. The molecular formula is C15H17ClN2. The van der Waals surface area contributed by atoms with Crippen molar-refractivity contribution in [3.05, 3.63) is 64.7 Å². The zero-order valence-electron chi connectivity index (χ0n) is 10.4. The number of nitrogens with one attached hydrogen (secondary N) is 1. The summed E-state index contributed by atoms with van der Waals surface area (Å²) < 4.78 is 0. The van der Waals surface area contributed by atoms with Crippen LogP contribution in [0.1, 0.15) is 17.2 Å². The molecule has 0 aliphatic rings. The molecule has 3 N–H and O–H groups in total. The Labute approximate surface area is 113 Å². The molecule has 0 aromatic heterocycles. The third-order valence-electron chi connectivity index (χ3n) is 2.90. The molecule has 2 rings (SSSR count). The summed E-state index contributed by atoms with van der Waals surface area (Å²) in [6.45, 7) is 2.62. The van der Waals surface area contributed by atoms with Crippen molar-refractivity contribution in [2.75, 3.05) is 11.9 Å². The number of hydrogen-bond acceptors (Lipinski definition) is 2. The smallest absolute Gasteiger partial charge is 0.0636 e. The Bertz CT molecular complexity index is 491. The first-order chi connectivity index (χ1) is 8.69. The first-order valence-corrected chi connectivity index (χ1v) is 6.35. The predicted molar refractivity (Wildman–Crippen MR) is 78.0 cm³/mol. The summed E-state index contributed by atoms with van der Waals surface area (Å²) >= 11 is 5.86. The zero-order valence-corrected chi connectivity index (χ0v) is 11.1. The van der Waals surface area contributed by atoms with Crippen molar-refractivity contribution < 1.29 is 0 Å². The predicted octanol–water partition coefficient (Wildman–Crippen LogP) is 3.76. The maximum atomic E-state index is 5.86. The average Bonchev–Trinajstić information content (AvgIpc) is 2.39. The lowest BCUT2D eigenvalue weighted by molar-refractivity contribution is 0.790. The number of anilines is 1. The molecule has 0 saturated heterocycles. The van der Waals surface area contributed by atoms with Crippen molar-refractivity contribution in [1.82, 2.24) is 0 Å². The summed E-state index contributed by atoms with van der Waals surface area (Å²) in [6, 6.07) is 16.2. The van der Waals surface area contributed by atoms with Crippen LogP contribution >= 0.6 is 11.6 Å². The molecule has 0 heterocycles. The van der Waals surface area contributed by atoms with Crippen molar-refractivity contribution in [3.8, 4) is 0 Å². The van der Waals surface area contributed by atoms with Gasteiger partial charge in [-0.3, -0.25) is 0 Å². The summed E-state index contributed by atoms with van der Waals surface area (Å²) in [5.74, 6) is 0. The molecule has 0 radical (unpaired) electrons. The molecule has 0 fully saturated rings.